The average molecular weight is 268 g/mol. The zero-order valence-electron chi connectivity index (χ0n) is 11.3. The van der Waals surface area contributed by atoms with Crippen molar-refractivity contribution in [3.05, 3.63) is 0 Å². The van der Waals surface area contributed by atoms with E-state index in [1.54, 1.807) is 11.8 Å². The van der Waals surface area contributed by atoms with Gasteiger partial charge in [0.15, 0.2) is 0 Å². The zero-order chi connectivity index (χ0) is 14.3. The molecule has 2 aliphatic rings. The van der Waals surface area contributed by atoms with Crippen LogP contribution in [-0.4, -0.2) is 46.9 Å². The van der Waals surface area contributed by atoms with Crippen LogP contribution in [0.2, 0.25) is 0 Å². The molecule has 0 aromatic carbocycles. The van der Waals surface area contributed by atoms with Crippen LogP contribution >= 0.6 is 0 Å². The lowest BCUT2D eigenvalue weighted by atomic mass is 9.95. The first kappa shape index (κ1) is 13.8. The minimum atomic E-state index is -0.963. The third-order valence-corrected chi connectivity index (χ3v) is 3.83. The Bertz CT molecular complexity index is 435. The second-order valence-corrected chi connectivity index (χ2v) is 5.63. The molecule has 0 radical (unpaired) electrons. The lowest BCUT2D eigenvalue weighted by Crippen LogP contribution is -2.55. The van der Waals surface area contributed by atoms with Crippen LogP contribution < -0.4 is 16.4 Å². The molecule has 4 amide bonds. The van der Waals surface area contributed by atoms with Gasteiger partial charge in [-0.1, -0.05) is 13.3 Å². The summed E-state index contributed by atoms with van der Waals surface area (Å²) in [5.41, 5.74) is 4.14. The van der Waals surface area contributed by atoms with E-state index in [9.17, 15) is 14.4 Å². The van der Waals surface area contributed by atoms with Gasteiger partial charge in [-0.15, -0.1) is 0 Å². The molecule has 106 valence electrons. The van der Waals surface area contributed by atoms with Crippen LogP contribution in [0.15, 0.2) is 0 Å². The maximum atomic E-state index is 12.3. The number of hydrogen-bond donors (Lipinski definition) is 3. The Hall–Kier alpha value is -1.63. The second kappa shape index (κ2) is 4.48. The molecular formula is C12H20N4O3. The van der Waals surface area contributed by atoms with Gasteiger partial charge in [0, 0.05) is 6.54 Å². The van der Waals surface area contributed by atoms with Gasteiger partial charge in [-0.05, 0) is 19.8 Å². The Labute approximate surface area is 111 Å². The van der Waals surface area contributed by atoms with Crippen molar-refractivity contribution in [2.45, 2.75) is 44.2 Å². The normalized spacial score (nSPS) is 29.3. The summed E-state index contributed by atoms with van der Waals surface area (Å²) in [7, 11) is 0. The monoisotopic (exact) mass is 268 g/mol. The molecule has 0 aliphatic carbocycles. The van der Waals surface area contributed by atoms with E-state index in [0.29, 0.717) is 19.4 Å². The topological polar surface area (TPSA) is 105 Å². The number of rotatable bonds is 3. The Morgan fingerprint density at radius 2 is 2.21 bits per heavy atom. The summed E-state index contributed by atoms with van der Waals surface area (Å²) < 4.78 is 0. The van der Waals surface area contributed by atoms with E-state index in [2.05, 4.69) is 10.6 Å². The molecule has 2 atom stereocenters. The molecule has 2 unspecified atom stereocenters. The predicted octanol–water partition coefficient (Wildman–Crippen LogP) is -0.686. The molecule has 2 saturated heterocycles. The number of amides is 4. The van der Waals surface area contributed by atoms with Crippen molar-refractivity contribution in [3.63, 3.8) is 0 Å². The molecule has 0 bridgehead atoms. The van der Waals surface area contributed by atoms with Crippen molar-refractivity contribution in [2.75, 3.05) is 13.1 Å². The van der Waals surface area contributed by atoms with Crippen LogP contribution in [0.25, 0.3) is 0 Å². The van der Waals surface area contributed by atoms with Crippen LogP contribution in [0, 0.1) is 0 Å². The van der Waals surface area contributed by atoms with Crippen molar-refractivity contribution in [2.24, 2.45) is 5.73 Å². The van der Waals surface area contributed by atoms with Crippen molar-refractivity contribution in [1.82, 2.24) is 15.5 Å². The molecule has 2 aliphatic heterocycles. The van der Waals surface area contributed by atoms with Crippen molar-refractivity contribution < 1.29 is 14.4 Å². The van der Waals surface area contributed by atoms with E-state index in [1.165, 1.54) is 0 Å². The molecule has 2 heterocycles. The number of imide groups is 1. The van der Waals surface area contributed by atoms with Gasteiger partial charge in [0.2, 0.25) is 5.91 Å². The van der Waals surface area contributed by atoms with E-state index >= 15 is 0 Å². The van der Waals surface area contributed by atoms with Crippen LogP contribution in [0.1, 0.15) is 33.1 Å². The lowest BCUT2D eigenvalue weighted by Gasteiger charge is -2.29. The van der Waals surface area contributed by atoms with Crippen LogP contribution in [-0.2, 0) is 9.59 Å². The summed E-state index contributed by atoms with van der Waals surface area (Å²) in [6.45, 7) is 4.30. The summed E-state index contributed by atoms with van der Waals surface area (Å²) in [6.07, 6.45) is 1.83. The van der Waals surface area contributed by atoms with Crippen molar-refractivity contribution >= 4 is 17.8 Å². The predicted molar refractivity (Wildman–Crippen MR) is 68.1 cm³/mol. The highest BCUT2D eigenvalue weighted by Gasteiger charge is 2.52. The van der Waals surface area contributed by atoms with Crippen LogP contribution in [0.4, 0.5) is 4.79 Å². The first-order chi connectivity index (χ1) is 8.81. The van der Waals surface area contributed by atoms with E-state index in [4.69, 9.17) is 5.73 Å². The Morgan fingerprint density at radius 3 is 2.74 bits per heavy atom. The van der Waals surface area contributed by atoms with Gasteiger partial charge >= 0.3 is 6.03 Å². The van der Waals surface area contributed by atoms with E-state index < -0.39 is 17.1 Å². The van der Waals surface area contributed by atoms with E-state index in [0.717, 1.165) is 6.42 Å². The number of urea groups is 1. The molecular weight excluding hydrogens is 248 g/mol. The third-order valence-electron chi connectivity index (χ3n) is 3.83. The molecule has 0 saturated carbocycles. The number of hydrogen-bond acceptors (Lipinski definition) is 4. The van der Waals surface area contributed by atoms with E-state index in [-0.39, 0.29) is 18.4 Å². The molecule has 19 heavy (non-hydrogen) atoms. The molecule has 0 aromatic rings. The molecule has 1 spiro atoms. The van der Waals surface area contributed by atoms with Gasteiger partial charge in [-0.25, -0.2) is 4.79 Å². The molecule has 2 fully saturated rings. The highest BCUT2D eigenvalue weighted by molar-refractivity contribution is 6.07. The smallest absolute Gasteiger partial charge is 0.322 e. The standard InChI is InChI=1S/C12H20N4O3/c1-3-4-11(2,13)9(18)16-6-5-12(7-16)8(17)14-10(19)15-12/h3-7,13H2,1-2H3,(H2,14,15,17,19). The second-order valence-electron chi connectivity index (χ2n) is 5.63. The maximum absolute atomic E-state index is 12.3. The first-order valence-corrected chi connectivity index (χ1v) is 6.52. The number of likely N-dealkylation sites (tertiary alicyclic amines) is 1. The number of nitrogens with one attached hydrogen (secondary N) is 2. The minimum absolute atomic E-state index is 0.167. The number of carbonyl (C=O) groups excluding carboxylic acids is 3. The maximum Gasteiger partial charge on any atom is 0.322 e. The summed E-state index contributed by atoms with van der Waals surface area (Å²) in [4.78, 5) is 36.9. The summed E-state index contributed by atoms with van der Waals surface area (Å²) in [5, 5.41) is 4.83. The molecule has 4 N–H and O–H groups in total. The van der Waals surface area contributed by atoms with Gasteiger partial charge in [-0.2, -0.15) is 0 Å². The Balaban J connectivity index is 2.08. The van der Waals surface area contributed by atoms with Crippen molar-refractivity contribution in [1.29, 1.82) is 0 Å². The van der Waals surface area contributed by atoms with E-state index in [1.807, 2.05) is 6.92 Å². The summed E-state index contributed by atoms with van der Waals surface area (Å²) >= 11 is 0. The summed E-state index contributed by atoms with van der Waals surface area (Å²) in [6, 6.07) is -0.497. The molecule has 7 nitrogen and oxygen atoms in total. The number of nitrogens with zero attached hydrogens (tertiary/aromatic N) is 1. The quantitative estimate of drug-likeness (QED) is 0.589. The van der Waals surface area contributed by atoms with Gasteiger partial charge in [0.1, 0.15) is 5.54 Å². The highest BCUT2D eigenvalue weighted by atomic mass is 16.2. The number of carbonyl (C=O) groups is 3. The van der Waals surface area contributed by atoms with Gasteiger partial charge in [0.05, 0.1) is 12.1 Å². The molecule has 2 rings (SSSR count). The fourth-order valence-electron chi connectivity index (χ4n) is 2.79. The highest BCUT2D eigenvalue weighted by Crippen LogP contribution is 2.27. The largest absolute Gasteiger partial charge is 0.338 e. The Kier molecular flexibility index (Phi) is 3.25. The zero-order valence-corrected chi connectivity index (χ0v) is 11.3. The number of nitrogens with two attached hydrogens (primary N) is 1. The molecule has 0 aromatic heterocycles. The fraction of sp³-hybridized carbons (Fsp3) is 0.750. The Morgan fingerprint density at radius 1 is 1.53 bits per heavy atom. The fourth-order valence-corrected chi connectivity index (χ4v) is 2.79. The average Bonchev–Trinajstić information content (AvgIpc) is 2.83. The van der Waals surface area contributed by atoms with Crippen molar-refractivity contribution in [3.8, 4) is 0 Å². The van der Waals surface area contributed by atoms with Gasteiger partial charge in [-0.3, -0.25) is 14.9 Å². The summed E-state index contributed by atoms with van der Waals surface area (Å²) in [5.74, 6) is -0.526. The lowest BCUT2D eigenvalue weighted by molar-refractivity contribution is -0.136. The van der Waals surface area contributed by atoms with Crippen LogP contribution in [0.5, 0.6) is 0 Å². The van der Waals surface area contributed by atoms with Gasteiger partial charge in [0.25, 0.3) is 5.91 Å². The first-order valence-electron chi connectivity index (χ1n) is 6.52. The SMILES string of the molecule is CCCC(C)(N)C(=O)N1CCC2(C1)NC(=O)NC2=O. The molecule has 7 heteroatoms. The third kappa shape index (κ3) is 2.30. The van der Waals surface area contributed by atoms with Gasteiger partial charge < -0.3 is 16.0 Å². The van der Waals surface area contributed by atoms with Crippen LogP contribution in [0.3, 0.4) is 0 Å². The minimum Gasteiger partial charge on any atom is -0.338 e.